The predicted octanol–water partition coefficient (Wildman–Crippen LogP) is 1.20. The minimum absolute atomic E-state index is 0.0323. The smallest absolute Gasteiger partial charge is 0.158 e. The van der Waals surface area contributed by atoms with E-state index in [1.807, 2.05) is 0 Å². The van der Waals surface area contributed by atoms with Crippen molar-refractivity contribution in [2.24, 2.45) is 0 Å². The molecule has 14 heavy (non-hydrogen) atoms. The Labute approximate surface area is 82.6 Å². The van der Waals surface area contributed by atoms with Gasteiger partial charge in [0.05, 0.1) is 11.5 Å². The van der Waals surface area contributed by atoms with E-state index < -0.39 is 9.84 Å². The maximum absolute atomic E-state index is 11.2. The number of para-hydroxylation sites is 1. The second-order valence-corrected chi connectivity index (χ2v) is 5.41. The summed E-state index contributed by atoms with van der Waals surface area (Å²) in [5, 5.41) is 9.51. The fraction of sp³-hybridized carbons (Fsp3) is 0.200. The first-order valence-corrected chi connectivity index (χ1v) is 6.08. The van der Waals surface area contributed by atoms with Gasteiger partial charge in [-0.05, 0) is 11.6 Å². The van der Waals surface area contributed by atoms with E-state index >= 15 is 0 Å². The molecule has 0 aliphatic carbocycles. The van der Waals surface area contributed by atoms with Crippen molar-refractivity contribution in [3.8, 4) is 5.75 Å². The average Bonchev–Trinajstić information content (AvgIpc) is 2.47. The van der Waals surface area contributed by atoms with Gasteiger partial charge in [0.15, 0.2) is 9.84 Å². The summed E-state index contributed by atoms with van der Waals surface area (Å²) < 4.78 is 22.4. The minimum atomic E-state index is -2.96. The van der Waals surface area contributed by atoms with Gasteiger partial charge in [0.25, 0.3) is 0 Å². The number of phenols is 1. The molecule has 1 N–H and O–H groups in total. The van der Waals surface area contributed by atoms with Crippen molar-refractivity contribution in [3.05, 3.63) is 35.9 Å². The lowest BCUT2D eigenvalue weighted by molar-refractivity contribution is 0.473. The molecule has 0 bridgehead atoms. The van der Waals surface area contributed by atoms with Gasteiger partial charge < -0.3 is 5.11 Å². The third-order valence-electron chi connectivity index (χ3n) is 2.21. The molecule has 74 valence electrons. The highest BCUT2D eigenvalue weighted by Gasteiger charge is 2.21. The van der Waals surface area contributed by atoms with E-state index in [-0.39, 0.29) is 17.3 Å². The highest BCUT2D eigenvalue weighted by Crippen LogP contribution is 2.28. The van der Waals surface area contributed by atoms with Crippen LogP contribution in [0.4, 0.5) is 0 Å². The molecular weight excluding hydrogens is 200 g/mol. The first-order valence-electron chi connectivity index (χ1n) is 4.26. The van der Waals surface area contributed by atoms with Gasteiger partial charge in [0, 0.05) is 5.56 Å². The van der Waals surface area contributed by atoms with Crippen LogP contribution in [0.5, 0.6) is 5.75 Å². The van der Waals surface area contributed by atoms with Crippen LogP contribution in [0.3, 0.4) is 0 Å². The average molecular weight is 210 g/mol. The number of hydrogen-bond donors (Lipinski definition) is 1. The van der Waals surface area contributed by atoms with E-state index in [0.29, 0.717) is 11.1 Å². The Morgan fingerprint density at radius 3 is 2.50 bits per heavy atom. The summed E-state index contributed by atoms with van der Waals surface area (Å²) in [5.41, 5.74) is 1.32. The molecule has 1 aromatic rings. The summed E-state index contributed by atoms with van der Waals surface area (Å²) in [4.78, 5) is 0. The molecule has 0 fully saturated rings. The lowest BCUT2D eigenvalue weighted by Gasteiger charge is -2.03. The number of benzene rings is 1. The lowest BCUT2D eigenvalue weighted by atomic mass is 10.1. The van der Waals surface area contributed by atoms with Crippen LogP contribution in [-0.4, -0.2) is 25.0 Å². The van der Waals surface area contributed by atoms with Crippen molar-refractivity contribution >= 4 is 15.4 Å². The Bertz CT molecular complexity index is 486. The van der Waals surface area contributed by atoms with Crippen LogP contribution >= 0.6 is 0 Å². The summed E-state index contributed by atoms with van der Waals surface area (Å²) >= 11 is 0. The summed E-state index contributed by atoms with van der Waals surface area (Å²) in [6.45, 7) is 0. The molecule has 0 spiro atoms. The molecule has 1 heterocycles. The maximum atomic E-state index is 11.2. The van der Waals surface area contributed by atoms with Gasteiger partial charge in [-0.15, -0.1) is 0 Å². The Hall–Kier alpha value is -1.29. The Balaban J connectivity index is 2.40. The van der Waals surface area contributed by atoms with E-state index in [9.17, 15) is 13.5 Å². The molecule has 0 aromatic heterocycles. The van der Waals surface area contributed by atoms with Crippen molar-refractivity contribution in [1.82, 2.24) is 0 Å². The van der Waals surface area contributed by atoms with Crippen molar-refractivity contribution in [1.29, 1.82) is 0 Å². The normalized spacial score (nSPS) is 19.3. The first kappa shape index (κ1) is 9.27. The number of sulfone groups is 1. The third kappa shape index (κ3) is 1.65. The van der Waals surface area contributed by atoms with Gasteiger partial charge >= 0.3 is 0 Å². The summed E-state index contributed by atoms with van der Waals surface area (Å²) in [5.74, 6) is 0.247. The zero-order valence-corrected chi connectivity index (χ0v) is 8.29. The Kier molecular flexibility index (Phi) is 2.07. The van der Waals surface area contributed by atoms with Gasteiger partial charge in [0.2, 0.25) is 0 Å². The third-order valence-corrected chi connectivity index (χ3v) is 3.63. The van der Waals surface area contributed by atoms with Crippen molar-refractivity contribution in [2.75, 3.05) is 11.5 Å². The number of aromatic hydroxyl groups is 1. The standard InChI is InChI=1S/C10H10O3S/c11-10-4-2-1-3-9(10)8-5-6-14(12,13)7-8/h1-5,11H,6-7H2. The molecular formula is C10H10O3S. The Morgan fingerprint density at radius 1 is 1.21 bits per heavy atom. The van der Waals surface area contributed by atoms with Crippen molar-refractivity contribution < 1.29 is 13.5 Å². The van der Waals surface area contributed by atoms with E-state index in [2.05, 4.69) is 0 Å². The van der Waals surface area contributed by atoms with Crippen LogP contribution in [0.15, 0.2) is 30.3 Å². The van der Waals surface area contributed by atoms with Crippen molar-refractivity contribution in [2.45, 2.75) is 0 Å². The van der Waals surface area contributed by atoms with E-state index in [4.69, 9.17) is 0 Å². The van der Waals surface area contributed by atoms with Gasteiger partial charge in [0.1, 0.15) is 5.75 Å². The van der Waals surface area contributed by atoms with Gasteiger partial charge in [-0.25, -0.2) is 8.42 Å². The maximum Gasteiger partial charge on any atom is 0.158 e. The van der Waals surface area contributed by atoms with Crippen LogP contribution in [0.2, 0.25) is 0 Å². The summed E-state index contributed by atoms with van der Waals surface area (Å²) in [6, 6.07) is 6.77. The number of hydrogen-bond acceptors (Lipinski definition) is 3. The predicted molar refractivity (Wildman–Crippen MR) is 54.7 cm³/mol. The second kappa shape index (κ2) is 3.13. The molecule has 4 heteroatoms. The van der Waals surface area contributed by atoms with Crippen LogP contribution in [0.25, 0.3) is 5.57 Å². The highest BCUT2D eigenvalue weighted by molar-refractivity contribution is 7.92. The van der Waals surface area contributed by atoms with Crippen LogP contribution in [0.1, 0.15) is 5.56 Å². The number of phenolic OH excluding ortho intramolecular Hbond substituents is 1. The van der Waals surface area contributed by atoms with Gasteiger partial charge in [-0.3, -0.25) is 0 Å². The number of rotatable bonds is 1. The fourth-order valence-corrected chi connectivity index (χ4v) is 2.84. The molecule has 0 atom stereocenters. The molecule has 1 aliphatic heterocycles. The minimum Gasteiger partial charge on any atom is -0.507 e. The lowest BCUT2D eigenvalue weighted by Crippen LogP contribution is -2.02. The molecule has 3 nitrogen and oxygen atoms in total. The zero-order chi connectivity index (χ0) is 10.2. The summed E-state index contributed by atoms with van der Waals surface area (Å²) in [7, 11) is -2.96. The quantitative estimate of drug-likeness (QED) is 0.757. The van der Waals surface area contributed by atoms with Crippen molar-refractivity contribution in [3.63, 3.8) is 0 Å². The molecule has 0 amide bonds. The topological polar surface area (TPSA) is 54.4 Å². The van der Waals surface area contributed by atoms with E-state index in [0.717, 1.165) is 0 Å². The molecule has 0 radical (unpaired) electrons. The largest absolute Gasteiger partial charge is 0.507 e. The SMILES string of the molecule is O=S1(=O)CC=C(c2ccccc2O)C1. The molecule has 0 saturated heterocycles. The van der Waals surface area contributed by atoms with Crippen LogP contribution < -0.4 is 0 Å². The van der Waals surface area contributed by atoms with Gasteiger partial charge in [-0.2, -0.15) is 0 Å². The van der Waals surface area contributed by atoms with E-state index in [1.54, 1.807) is 30.3 Å². The van der Waals surface area contributed by atoms with Gasteiger partial charge in [-0.1, -0.05) is 24.3 Å². The highest BCUT2D eigenvalue weighted by atomic mass is 32.2. The van der Waals surface area contributed by atoms with Crippen LogP contribution in [0, 0.1) is 0 Å². The fourth-order valence-electron chi connectivity index (χ4n) is 1.52. The first-order chi connectivity index (χ1) is 6.58. The Morgan fingerprint density at radius 2 is 1.93 bits per heavy atom. The zero-order valence-electron chi connectivity index (χ0n) is 7.47. The van der Waals surface area contributed by atoms with Crippen LogP contribution in [-0.2, 0) is 9.84 Å². The monoisotopic (exact) mass is 210 g/mol. The second-order valence-electron chi connectivity index (χ2n) is 3.30. The van der Waals surface area contributed by atoms with E-state index in [1.165, 1.54) is 0 Å². The summed E-state index contributed by atoms with van der Waals surface area (Å²) in [6.07, 6.45) is 1.66. The molecule has 0 unspecified atom stereocenters. The molecule has 1 aliphatic rings. The molecule has 2 rings (SSSR count). The molecule has 0 saturated carbocycles. The molecule has 1 aromatic carbocycles.